The van der Waals surface area contributed by atoms with Crippen LogP contribution in [0.3, 0.4) is 0 Å². The van der Waals surface area contributed by atoms with Gasteiger partial charge in [-0.25, -0.2) is 0 Å². The van der Waals surface area contributed by atoms with Crippen LogP contribution >= 0.6 is 11.6 Å². The molecule has 0 N–H and O–H groups in total. The van der Waals surface area contributed by atoms with Gasteiger partial charge in [0.05, 0.1) is 19.3 Å². The number of halogens is 1. The number of hydrogen-bond donors (Lipinski definition) is 0. The Bertz CT molecular complexity index is 394. The SMILES string of the molecule is COc1cccc2c1C(CCCCl)(OC)OCC2. The molecule has 1 aromatic rings. The molecule has 1 heterocycles. The first-order valence-corrected chi connectivity index (χ1v) is 6.72. The molecule has 100 valence electrons. The number of fused-ring (bicyclic) bond motifs is 1. The van der Waals surface area contributed by atoms with Crippen molar-refractivity contribution < 1.29 is 14.2 Å². The van der Waals surface area contributed by atoms with Crippen molar-refractivity contribution in [2.75, 3.05) is 26.7 Å². The number of alkyl halides is 1. The Balaban J connectivity index is 2.46. The van der Waals surface area contributed by atoms with Gasteiger partial charge in [-0.1, -0.05) is 12.1 Å². The summed E-state index contributed by atoms with van der Waals surface area (Å²) in [6, 6.07) is 6.06. The van der Waals surface area contributed by atoms with Crippen molar-refractivity contribution in [1.29, 1.82) is 0 Å². The van der Waals surface area contributed by atoms with Crippen LogP contribution in [-0.2, 0) is 21.7 Å². The van der Waals surface area contributed by atoms with Gasteiger partial charge in [0.15, 0.2) is 5.79 Å². The second-order valence-corrected chi connectivity index (χ2v) is 4.72. The minimum Gasteiger partial charge on any atom is -0.496 e. The molecular formula is C14H19ClO3. The molecule has 0 saturated heterocycles. The van der Waals surface area contributed by atoms with E-state index in [2.05, 4.69) is 6.07 Å². The van der Waals surface area contributed by atoms with Crippen LogP contribution < -0.4 is 4.74 Å². The molecule has 0 aliphatic carbocycles. The third kappa shape index (κ3) is 2.35. The van der Waals surface area contributed by atoms with Gasteiger partial charge in [-0.15, -0.1) is 11.6 Å². The van der Waals surface area contributed by atoms with Gasteiger partial charge in [0.2, 0.25) is 0 Å². The maximum absolute atomic E-state index is 5.92. The smallest absolute Gasteiger partial charge is 0.198 e. The third-order valence-corrected chi connectivity index (χ3v) is 3.66. The van der Waals surface area contributed by atoms with Crippen molar-refractivity contribution in [2.45, 2.75) is 25.0 Å². The summed E-state index contributed by atoms with van der Waals surface area (Å²) in [5, 5.41) is 0. The fourth-order valence-corrected chi connectivity index (χ4v) is 2.68. The predicted octanol–water partition coefficient (Wildman–Crippen LogP) is 3.09. The monoisotopic (exact) mass is 270 g/mol. The van der Waals surface area contributed by atoms with Crippen molar-refractivity contribution >= 4 is 11.6 Å². The Hall–Kier alpha value is -0.770. The molecule has 4 heteroatoms. The second kappa shape index (κ2) is 5.91. The lowest BCUT2D eigenvalue weighted by atomic mass is 9.91. The van der Waals surface area contributed by atoms with Crippen LogP contribution in [0.2, 0.25) is 0 Å². The van der Waals surface area contributed by atoms with E-state index >= 15 is 0 Å². The lowest BCUT2D eigenvalue weighted by Crippen LogP contribution is -2.38. The Labute approximate surface area is 113 Å². The lowest BCUT2D eigenvalue weighted by molar-refractivity contribution is -0.243. The third-order valence-electron chi connectivity index (χ3n) is 3.39. The van der Waals surface area contributed by atoms with E-state index in [0.717, 1.165) is 30.6 Å². The van der Waals surface area contributed by atoms with Crippen LogP contribution in [0.4, 0.5) is 0 Å². The Morgan fingerprint density at radius 1 is 1.39 bits per heavy atom. The van der Waals surface area contributed by atoms with Crippen molar-refractivity contribution in [2.24, 2.45) is 0 Å². The van der Waals surface area contributed by atoms with Crippen LogP contribution in [0, 0.1) is 0 Å². The highest BCUT2D eigenvalue weighted by Crippen LogP contribution is 2.42. The lowest BCUT2D eigenvalue weighted by Gasteiger charge is -2.38. The average Bonchev–Trinajstić information content (AvgIpc) is 2.44. The zero-order chi connectivity index (χ0) is 13.0. The number of benzene rings is 1. The maximum atomic E-state index is 5.92. The average molecular weight is 271 g/mol. The highest BCUT2D eigenvalue weighted by atomic mass is 35.5. The Kier molecular flexibility index (Phi) is 4.49. The van der Waals surface area contributed by atoms with Crippen LogP contribution in [0.1, 0.15) is 24.0 Å². The van der Waals surface area contributed by atoms with E-state index in [1.165, 1.54) is 5.56 Å². The van der Waals surface area contributed by atoms with Crippen LogP contribution in [-0.4, -0.2) is 26.7 Å². The summed E-state index contributed by atoms with van der Waals surface area (Å²) in [5.41, 5.74) is 2.25. The van der Waals surface area contributed by atoms with E-state index in [0.29, 0.717) is 12.5 Å². The van der Waals surface area contributed by atoms with Crippen LogP contribution in [0.25, 0.3) is 0 Å². The summed E-state index contributed by atoms with van der Waals surface area (Å²) in [6.07, 6.45) is 2.46. The standard InChI is InChI=1S/C14H19ClO3/c1-16-12-6-3-5-11-7-10-18-14(17-2,13(11)12)8-4-9-15/h3,5-6H,4,7-10H2,1-2H3. The molecule has 2 rings (SSSR count). The van der Waals surface area contributed by atoms with E-state index in [9.17, 15) is 0 Å². The Morgan fingerprint density at radius 3 is 2.89 bits per heavy atom. The largest absolute Gasteiger partial charge is 0.496 e. The van der Waals surface area contributed by atoms with Gasteiger partial charge in [-0.2, -0.15) is 0 Å². The van der Waals surface area contributed by atoms with E-state index in [1.54, 1.807) is 14.2 Å². The van der Waals surface area contributed by atoms with Crippen molar-refractivity contribution in [3.05, 3.63) is 29.3 Å². The summed E-state index contributed by atoms with van der Waals surface area (Å²) < 4.78 is 17.1. The molecular weight excluding hydrogens is 252 g/mol. The van der Waals surface area contributed by atoms with Gasteiger partial charge in [-0.05, 0) is 24.5 Å². The van der Waals surface area contributed by atoms with Gasteiger partial charge < -0.3 is 14.2 Å². The normalized spacial score (nSPS) is 22.6. The molecule has 0 saturated carbocycles. The molecule has 0 spiro atoms. The highest BCUT2D eigenvalue weighted by Gasteiger charge is 2.40. The van der Waals surface area contributed by atoms with Crippen LogP contribution in [0.15, 0.2) is 18.2 Å². The minimum absolute atomic E-state index is 0.596. The van der Waals surface area contributed by atoms with Crippen molar-refractivity contribution in [1.82, 2.24) is 0 Å². The molecule has 0 amide bonds. The molecule has 3 nitrogen and oxygen atoms in total. The van der Waals surface area contributed by atoms with Gasteiger partial charge in [0.1, 0.15) is 5.75 Å². The molecule has 18 heavy (non-hydrogen) atoms. The molecule has 1 unspecified atom stereocenters. The molecule has 0 aromatic heterocycles. The van der Waals surface area contributed by atoms with Crippen molar-refractivity contribution in [3.63, 3.8) is 0 Å². The molecule has 0 bridgehead atoms. The minimum atomic E-state index is -0.713. The first-order valence-electron chi connectivity index (χ1n) is 6.19. The molecule has 0 fully saturated rings. The number of rotatable bonds is 5. The van der Waals surface area contributed by atoms with Crippen molar-refractivity contribution in [3.8, 4) is 5.75 Å². The molecule has 1 aromatic carbocycles. The molecule has 0 radical (unpaired) electrons. The van der Waals surface area contributed by atoms with Crippen LogP contribution in [0.5, 0.6) is 5.75 Å². The maximum Gasteiger partial charge on any atom is 0.198 e. The first kappa shape index (κ1) is 13.7. The quantitative estimate of drug-likeness (QED) is 0.770. The number of hydrogen-bond acceptors (Lipinski definition) is 3. The predicted molar refractivity (Wildman–Crippen MR) is 71.3 cm³/mol. The zero-order valence-electron chi connectivity index (χ0n) is 10.9. The molecule has 1 aliphatic rings. The second-order valence-electron chi connectivity index (χ2n) is 4.34. The summed E-state index contributed by atoms with van der Waals surface area (Å²) in [7, 11) is 3.35. The molecule has 1 aliphatic heterocycles. The first-order chi connectivity index (χ1) is 8.77. The number of methoxy groups -OCH3 is 2. The summed E-state index contributed by atoms with van der Waals surface area (Å²) in [5.74, 6) is 0.706. The Morgan fingerprint density at radius 2 is 2.22 bits per heavy atom. The van der Waals surface area contributed by atoms with Gasteiger partial charge >= 0.3 is 0 Å². The summed E-state index contributed by atoms with van der Waals surface area (Å²) in [6.45, 7) is 0.663. The molecule has 1 atom stereocenters. The fraction of sp³-hybridized carbons (Fsp3) is 0.571. The number of ether oxygens (including phenoxy) is 3. The topological polar surface area (TPSA) is 27.7 Å². The van der Waals surface area contributed by atoms with E-state index in [-0.39, 0.29) is 0 Å². The van der Waals surface area contributed by atoms with Gasteiger partial charge in [-0.3, -0.25) is 0 Å². The highest BCUT2D eigenvalue weighted by molar-refractivity contribution is 6.17. The summed E-state index contributed by atoms with van der Waals surface area (Å²) in [4.78, 5) is 0. The van der Waals surface area contributed by atoms with E-state index in [4.69, 9.17) is 25.8 Å². The van der Waals surface area contributed by atoms with E-state index < -0.39 is 5.79 Å². The summed E-state index contributed by atoms with van der Waals surface area (Å²) >= 11 is 5.80. The van der Waals surface area contributed by atoms with Gasteiger partial charge in [0, 0.05) is 19.4 Å². The van der Waals surface area contributed by atoms with Gasteiger partial charge in [0.25, 0.3) is 0 Å². The fourth-order valence-electron chi connectivity index (χ4n) is 2.55. The van der Waals surface area contributed by atoms with E-state index in [1.807, 2.05) is 12.1 Å². The zero-order valence-corrected chi connectivity index (χ0v) is 11.6.